The zero-order valence-corrected chi connectivity index (χ0v) is 17.1. The lowest BCUT2D eigenvalue weighted by atomic mass is 9.80. The van der Waals surface area contributed by atoms with Crippen molar-refractivity contribution in [2.45, 2.75) is 65.2 Å². The SMILES string of the molecule is C=CCCC/C=C/CC(C/C=C/CCCC=C)(C(=O)OCC)C(=O)OCC. The molecule has 0 aliphatic heterocycles. The quantitative estimate of drug-likeness (QED) is 0.150. The third-order valence-corrected chi connectivity index (χ3v) is 4.16. The lowest BCUT2D eigenvalue weighted by molar-refractivity contribution is -0.171. The molecular weight excluding hydrogens is 340 g/mol. The summed E-state index contributed by atoms with van der Waals surface area (Å²) < 4.78 is 10.5. The maximum absolute atomic E-state index is 12.7. The Labute approximate surface area is 165 Å². The van der Waals surface area contributed by atoms with Gasteiger partial charge in [-0.05, 0) is 65.2 Å². The number of esters is 2. The van der Waals surface area contributed by atoms with Crippen molar-refractivity contribution in [2.24, 2.45) is 5.41 Å². The van der Waals surface area contributed by atoms with Crippen LogP contribution in [-0.4, -0.2) is 25.2 Å². The fourth-order valence-electron chi connectivity index (χ4n) is 2.60. The van der Waals surface area contributed by atoms with Crippen molar-refractivity contribution >= 4 is 11.9 Å². The average molecular weight is 377 g/mol. The van der Waals surface area contributed by atoms with Crippen LogP contribution in [0.15, 0.2) is 49.6 Å². The van der Waals surface area contributed by atoms with Crippen LogP contribution in [0.2, 0.25) is 0 Å². The van der Waals surface area contributed by atoms with E-state index in [0.717, 1.165) is 38.5 Å². The highest BCUT2D eigenvalue weighted by molar-refractivity contribution is 6.00. The molecule has 0 heterocycles. The predicted octanol–water partition coefficient (Wildman–Crippen LogP) is 5.70. The van der Waals surface area contributed by atoms with Crippen molar-refractivity contribution in [3.63, 3.8) is 0 Å². The van der Waals surface area contributed by atoms with E-state index in [1.54, 1.807) is 13.8 Å². The molecule has 0 amide bonds. The molecule has 0 spiro atoms. The monoisotopic (exact) mass is 376 g/mol. The maximum Gasteiger partial charge on any atom is 0.324 e. The molecule has 0 bridgehead atoms. The van der Waals surface area contributed by atoms with Crippen molar-refractivity contribution < 1.29 is 19.1 Å². The van der Waals surface area contributed by atoms with Crippen molar-refractivity contribution in [2.75, 3.05) is 13.2 Å². The summed E-state index contributed by atoms with van der Waals surface area (Å²) in [5, 5.41) is 0. The van der Waals surface area contributed by atoms with Crippen molar-refractivity contribution in [1.82, 2.24) is 0 Å². The fraction of sp³-hybridized carbons (Fsp3) is 0.565. The molecule has 0 aliphatic rings. The van der Waals surface area contributed by atoms with E-state index < -0.39 is 17.4 Å². The van der Waals surface area contributed by atoms with Crippen LogP contribution in [0.4, 0.5) is 0 Å². The van der Waals surface area contributed by atoms with Gasteiger partial charge < -0.3 is 9.47 Å². The lowest BCUT2D eigenvalue weighted by Gasteiger charge is -2.27. The largest absolute Gasteiger partial charge is 0.465 e. The first-order chi connectivity index (χ1) is 13.1. The van der Waals surface area contributed by atoms with Gasteiger partial charge in [0.15, 0.2) is 5.41 Å². The Morgan fingerprint density at radius 1 is 0.741 bits per heavy atom. The van der Waals surface area contributed by atoms with Gasteiger partial charge in [-0.1, -0.05) is 36.5 Å². The van der Waals surface area contributed by atoms with E-state index in [4.69, 9.17) is 9.47 Å². The highest BCUT2D eigenvalue weighted by Crippen LogP contribution is 2.32. The molecule has 0 aromatic rings. The molecule has 152 valence electrons. The minimum atomic E-state index is -1.32. The first-order valence-electron chi connectivity index (χ1n) is 9.95. The molecule has 0 aromatic carbocycles. The van der Waals surface area contributed by atoms with Gasteiger partial charge in [-0.3, -0.25) is 9.59 Å². The van der Waals surface area contributed by atoms with Gasteiger partial charge in [0.2, 0.25) is 0 Å². The Balaban J connectivity index is 5.27. The summed E-state index contributed by atoms with van der Waals surface area (Å²) in [5.74, 6) is -1.04. The predicted molar refractivity (Wildman–Crippen MR) is 111 cm³/mol. The molecule has 4 nitrogen and oxygen atoms in total. The normalized spacial score (nSPS) is 11.6. The number of carbonyl (C=O) groups excluding carboxylic acids is 2. The van der Waals surface area contributed by atoms with Gasteiger partial charge in [-0.15, -0.1) is 13.2 Å². The van der Waals surface area contributed by atoms with Gasteiger partial charge in [0, 0.05) is 0 Å². The molecule has 0 unspecified atom stereocenters. The molecule has 0 aliphatic carbocycles. The van der Waals surface area contributed by atoms with Gasteiger partial charge in [0.05, 0.1) is 13.2 Å². The number of hydrogen-bond donors (Lipinski definition) is 0. The van der Waals surface area contributed by atoms with Crippen molar-refractivity contribution in [3.05, 3.63) is 49.6 Å². The van der Waals surface area contributed by atoms with Crippen LogP contribution in [0, 0.1) is 5.41 Å². The van der Waals surface area contributed by atoms with Gasteiger partial charge in [-0.25, -0.2) is 0 Å². The molecule has 0 rings (SSSR count). The third kappa shape index (κ3) is 9.97. The Morgan fingerprint density at radius 2 is 1.15 bits per heavy atom. The summed E-state index contributed by atoms with van der Waals surface area (Å²) in [6.07, 6.45) is 17.7. The van der Waals surface area contributed by atoms with Crippen LogP contribution in [0.5, 0.6) is 0 Å². The van der Waals surface area contributed by atoms with Crippen molar-refractivity contribution in [3.8, 4) is 0 Å². The Kier molecular flexibility index (Phi) is 14.8. The highest BCUT2D eigenvalue weighted by Gasteiger charge is 2.47. The molecular formula is C23H36O4. The molecule has 0 radical (unpaired) electrons. The minimum Gasteiger partial charge on any atom is -0.465 e. The number of carbonyl (C=O) groups is 2. The van der Waals surface area contributed by atoms with Crippen LogP contribution in [-0.2, 0) is 19.1 Å². The molecule has 0 saturated carbocycles. The third-order valence-electron chi connectivity index (χ3n) is 4.16. The van der Waals surface area contributed by atoms with Crippen LogP contribution in [0.1, 0.15) is 65.2 Å². The Bertz CT molecular complexity index is 457. The van der Waals surface area contributed by atoms with Gasteiger partial charge in [0.1, 0.15) is 0 Å². The van der Waals surface area contributed by atoms with E-state index in [2.05, 4.69) is 13.2 Å². The number of allylic oxidation sites excluding steroid dienone is 6. The van der Waals surface area contributed by atoms with E-state index in [1.807, 2.05) is 36.5 Å². The lowest BCUT2D eigenvalue weighted by Crippen LogP contribution is -2.41. The number of rotatable bonds is 16. The highest BCUT2D eigenvalue weighted by atomic mass is 16.6. The summed E-state index contributed by atoms with van der Waals surface area (Å²) in [7, 11) is 0. The van der Waals surface area contributed by atoms with Crippen molar-refractivity contribution in [1.29, 1.82) is 0 Å². The van der Waals surface area contributed by atoms with E-state index in [9.17, 15) is 9.59 Å². The zero-order valence-electron chi connectivity index (χ0n) is 17.1. The minimum absolute atomic E-state index is 0.228. The Morgan fingerprint density at radius 3 is 1.48 bits per heavy atom. The van der Waals surface area contributed by atoms with Gasteiger partial charge in [0.25, 0.3) is 0 Å². The number of unbranched alkanes of at least 4 members (excludes halogenated alkanes) is 4. The van der Waals surface area contributed by atoms with Gasteiger partial charge >= 0.3 is 11.9 Å². The second kappa shape index (κ2) is 16.1. The Hall–Kier alpha value is -2.10. The zero-order chi connectivity index (χ0) is 20.4. The summed E-state index contributed by atoms with van der Waals surface area (Å²) in [6.45, 7) is 11.3. The second-order valence-corrected chi connectivity index (χ2v) is 6.31. The van der Waals surface area contributed by atoms with Crippen LogP contribution < -0.4 is 0 Å². The summed E-state index contributed by atoms with van der Waals surface area (Å²) in [4.78, 5) is 25.4. The second-order valence-electron chi connectivity index (χ2n) is 6.31. The topological polar surface area (TPSA) is 52.6 Å². The van der Waals surface area contributed by atoms with E-state index >= 15 is 0 Å². The smallest absolute Gasteiger partial charge is 0.324 e. The van der Waals surface area contributed by atoms with E-state index in [0.29, 0.717) is 0 Å². The molecule has 0 aromatic heterocycles. The van der Waals surface area contributed by atoms with E-state index in [-0.39, 0.29) is 26.1 Å². The summed E-state index contributed by atoms with van der Waals surface area (Å²) >= 11 is 0. The van der Waals surface area contributed by atoms with Crippen LogP contribution in [0.3, 0.4) is 0 Å². The summed E-state index contributed by atoms with van der Waals surface area (Å²) in [6, 6.07) is 0. The fourth-order valence-corrected chi connectivity index (χ4v) is 2.60. The first kappa shape index (κ1) is 24.9. The maximum atomic E-state index is 12.7. The standard InChI is InChI=1S/C23H36O4/c1-5-9-11-13-15-17-19-23(21(24)26-7-3,22(25)27-8-4)20-18-16-14-12-10-6-2/h5-6,15-18H,1-2,7-14,19-20H2,3-4H3/b17-15+,18-16+. The molecule has 0 N–H and O–H groups in total. The average Bonchev–Trinajstić information content (AvgIpc) is 2.66. The number of hydrogen-bond acceptors (Lipinski definition) is 4. The molecule has 4 heteroatoms. The van der Waals surface area contributed by atoms with Crippen LogP contribution in [0.25, 0.3) is 0 Å². The van der Waals surface area contributed by atoms with E-state index in [1.165, 1.54) is 0 Å². The van der Waals surface area contributed by atoms with Crippen LogP contribution >= 0.6 is 0 Å². The number of ether oxygens (including phenoxy) is 2. The summed E-state index contributed by atoms with van der Waals surface area (Å²) in [5.41, 5.74) is -1.32. The first-order valence-corrected chi connectivity index (χ1v) is 9.95. The molecule has 0 fully saturated rings. The molecule has 27 heavy (non-hydrogen) atoms. The molecule has 0 saturated heterocycles. The molecule has 0 atom stereocenters. The van der Waals surface area contributed by atoms with Gasteiger partial charge in [-0.2, -0.15) is 0 Å².